The van der Waals surface area contributed by atoms with Crippen LogP contribution < -0.4 is 0 Å². The van der Waals surface area contributed by atoms with Crippen molar-refractivity contribution in [1.82, 2.24) is 0 Å². The van der Waals surface area contributed by atoms with E-state index in [1.165, 1.54) is 4.90 Å². The third-order valence-electron chi connectivity index (χ3n) is 3.55. The quantitative estimate of drug-likeness (QED) is 0.739. The summed E-state index contributed by atoms with van der Waals surface area (Å²) in [5.74, 6) is 0.835. The molecule has 0 aliphatic carbocycles. The third kappa shape index (κ3) is 11.1. The van der Waals surface area contributed by atoms with Crippen LogP contribution in [0.4, 0.5) is 0 Å². The van der Waals surface area contributed by atoms with Gasteiger partial charge in [-0.2, -0.15) is 0 Å². The van der Waals surface area contributed by atoms with Gasteiger partial charge < -0.3 is 28.4 Å². The van der Waals surface area contributed by atoms with E-state index in [1.54, 1.807) is 11.8 Å². The fourth-order valence-electron chi connectivity index (χ4n) is 2.22. The van der Waals surface area contributed by atoms with Crippen LogP contribution in [0.5, 0.6) is 0 Å². The number of hydrogen-bond donors (Lipinski definition) is 0. The molecule has 2 rings (SSSR count). The van der Waals surface area contributed by atoms with Gasteiger partial charge in [-0.3, -0.25) is 0 Å². The largest absolute Gasteiger partial charge is 0.377 e. The van der Waals surface area contributed by atoms with E-state index >= 15 is 0 Å². The van der Waals surface area contributed by atoms with E-state index in [0.717, 1.165) is 5.75 Å². The van der Waals surface area contributed by atoms with Crippen LogP contribution in [0.2, 0.25) is 0 Å². The number of benzene rings is 1. The van der Waals surface area contributed by atoms with Gasteiger partial charge in [-0.25, -0.2) is 0 Å². The Bertz CT molecular complexity index is 415. The third-order valence-corrected chi connectivity index (χ3v) is 4.70. The zero-order chi connectivity index (χ0) is 18.1. The highest BCUT2D eigenvalue weighted by Crippen LogP contribution is 2.19. The summed E-state index contributed by atoms with van der Waals surface area (Å²) in [4.78, 5) is 1.23. The fraction of sp³-hybridized carbons (Fsp3) is 0.684. The first-order valence-corrected chi connectivity index (χ1v) is 10.1. The molecule has 0 radical (unpaired) electrons. The van der Waals surface area contributed by atoms with E-state index in [9.17, 15) is 0 Å². The number of rotatable bonds is 3. The minimum Gasteiger partial charge on any atom is -0.377 e. The Morgan fingerprint density at radius 3 is 1.73 bits per heavy atom. The molecule has 1 aliphatic heterocycles. The second kappa shape index (κ2) is 15.4. The van der Waals surface area contributed by atoms with Gasteiger partial charge in [0.15, 0.2) is 0 Å². The molecule has 0 bridgehead atoms. The summed E-state index contributed by atoms with van der Waals surface area (Å²) in [6.07, 6.45) is 0.0160. The Morgan fingerprint density at radius 1 is 0.654 bits per heavy atom. The maximum Gasteiger partial charge on any atom is 0.0903 e. The van der Waals surface area contributed by atoms with Crippen LogP contribution in [-0.4, -0.2) is 84.5 Å². The minimum absolute atomic E-state index is 0.0160. The second-order valence-corrected chi connectivity index (χ2v) is 6.73. The van der Waals surface area contributed by atoms with Gasteiger partial charge >= 0.3 is 0 Å². The number of thioether (sulfide) groups is 1. The molecule has 0 spiro atoms. The summed E-state index contributed by atoms with van der Waals surface area (Å²) < 4.78 is 33.5. The fourth-order valence-corrected chi connectivity index (χ4v) is 3.14. The standard InChI is InChI=1S/C19H30O6S/c1-2-4-19(5-3-1)26-17-18-16-24-13-12-22-9-8-20-6-7-21-10-11-23-14-15-25-18/h1-5,18H,6-17H2. The Morgan fingerprint density at radius 2 is 1.15 bits per heavy atom. The van der Waals surface area contributed by atoms with Crippen molar-refractivity contribution in [3.05, 3.63) is 30.3 Å². The normalized spacial score (nSPS) is 23.0. The highest BCUT2D eigenvalue weighted by molar-refractivity contribution is 7.99. The first kappa shape index (κ1) is 21.6. The monoisotopic (exact) mass is 386 g/mol. The molecule has 1 aliphatic rings. The highest BCUT2D eigenvalue weighted by Gasteiger charge is 2.11. The van der Waals surface area contributed by atoms with Crippen molar-refractivity contribution < 1.29 is 28.4 Å². The predicted octanol–water partition coefficient (Wildman–Crippen LogP) is 2.26. The molecule has 26 heavy (non-hydrogen) atoms. The lowest BCUT2D eigenvalue weighted by Crippen LogP contribution is -2.26. The molecule has 0 aromatic heterocycles. The molecule has 1 heterocycles. The van der Waals surface area contributed by atoms with E-state index in [1.807, 2.05) is 18.2 Å². The van der Waals surface area contributed by atoms with Crippen LogP contribution in [0, 0.1) is 0 Å². The molecule has 7 heteroatoms. The van der Waals surface area contributed by atoms with E-state index < -0.39 is 0 Å². The van der Waals surface area contributed by atoms with Crippen LogP contribution in [0.25, 0.3) is 0 Å². The molecule has 0 saturated carbocycles. The van der Waals surface area contributed by atoms with Crippen LogP contribution >= 0.6 is 11.8 Å². The molecular formula is C19H30O6S. The molecule has 1 atom stereocenters. The number of hydrogen-bond acceptors (Lipinski definition) is 7. The first-order valence-electron chi connectivity index (χ1n) is 9.13. The average Bonchev–Trinajstić information content (AvgIpc) is 2.68. The van der Waals surface area contributed by atoms with Crippen molar-refractivity contribution >= 4 is 11.8 Å². The molecule has 148 valence electrons. The highest BCUT2D eigenvalue weighted by atomic mass is 32.2. The van der Waals surface area contributed by atoms with Crippen molar-refractivity contribution in [2.45, 2.75) is 11.0 Å². The summed E-state index contributed by atoms with van der Waals surface area (Å²) in [5.41, 5.74) is 0. The average molecular weight is 387 g/mol. The molecule has 1 unspecified atom stereocenters. The SMILES string of the molecule is c1ccc(SCC2COCCOCCOCCOCCOCCO2)cc1. The van der Waals surface area contributed by atoms with Crippen molar-refractivity contribution in [3.63, 3.8) is 0 Å². The predicted molar refractivity (Wildman–Crippen MR) is 101 cm³/mol. The zero-order valence-corrected chi connectivity index (χ0v) is 16.1. The van der Waals surface area contributed by atoms with E-state index in [4.69, 9.17) is 28.4 Å². The summed E-state index contributed by atoms with van der Waals surface area (Å²) in [5, 5.41) is 0. The molecular weight excluding hydrogens is 356 g/mol. The van der Waals surface area contributed by atoms with E-state index in [0.29, 0.717) is 72.7 Å². The Labute approximate surface area is 160 Å². The van der Waals surface area contributed by atoms with Crippen LogP contribution in [0.15, 0.2) is 35.2 Å². The lowest BCUT2D eigenvalue weighted by Gasteiger charge is -2.18. The van der Waals surface area contributed by atoms with E-state index in [-0.39, 0.29) is 6.10 Å². The van der Waals surface area contributed by atoms with Gasteiger partial charge in [-0.05, 0) is 12.1 Å². The summed E-state index contributed by atoms with van der Waals surface area (Å²) in [6.45, 7) is 6.15. The number of ether oxygens (including phenoxy) is 6. The Hall–Kier alpha value is -0.670. The van der Waals surface area contributed by atoms with Gasteiger partial charge in [0.1, 0.15) is 0 Å². The first-order chi connectivity index (χ1) is 12.9. The van der Waals surface area contributed by atoms with Gasteiger partial charge in [0.05, 0.1) is 78.8 Å². The molecule has 1 saturated heterocycles. The Kier molecular flexibility index (Phi) is 12.8. The molecule has 0 amide bonds. The lowest BCUT2D eigenvalue weighted by molar-refractivity contribution is -0.0537. The van der Waals surface area contributed by atoms with Crippen molar-refractivity contribution in [2.75, 3.05) is 78.4 Å². The van der Waals surface area contributed by atoms with Gasteiger partial charge in [0, 0.05) is 10.6 Å². The van der Waals surface area contributed by atoms with Crippen molar-refractivity contribution in [1.29, 1.82) is 0 Å². The van der Waals surface area contributed by atoms with Gasteiger partial charge in [-0.15, -0.1) is 11.8 Å². The van der Waals surface area contributed by atoms with Gasteiger partial charge in [-0.1, -0.05) is 18.2 Å². The summed E-state index contributed by atoms with van der Waals surface area (Å²) in [7, 11) is 0. The van der Waals surface area contributed by atoms with Crippen LogP contribution in [-0.2, 0) is 28.4 Å². The second-order valence-electron chi connectivity index (χ2n) is 5.64. The van der Waals surface area contributed by atoms with Crippen molar-refractivity contribution in [3.8, 4) is 0 Å². The summed E-state index contributed by atoms with van der Waals surface area (Å²) >= 11 is 1.77. The van der Waals surface area contributed by atoms with Gasteiger partial charge in [0.2, 0.25) is 0 Å². The van der Waals surface area contributed by atoms with Crippen molar-refractivity contribution in [2.24, 2.45) is 0 Å². The lowest BCUT2D eigenvalue weighted by atomic mass is 10.4. The smallest absolute Gasteiger partial charge is 0.0903 e. The summed E-state index contributed by atoms with van der Waals surface area (Å²) in [6, 6.07) is 10.3. The molecule has 1 aromatic carbocycles. The van der Waals surface area contributed by atoms with Crippen LogP contribution in [0.3, 0.4) is 0 Å². The minimum atomic E-state index is 0.0160. The Balaban J connectivity index is 1.70. The topological polar surface area (TPSA) is 55.4 Å². The van der Waals surface area contributed by atoms with Crippen LogP contribution in [0.1, 0.15) is 0 Å². The molecule has 6 nitrogen and oxygen atoms in total. The zero-order valence-electron chi connectivity index (χ0n) is 15.3. The molecule has 0 N–H and O–H groups in total. The maximum atomic E-state index is 5.94. The maximum absolute atomic E-state index is 5.94. The van der Waals surface area contributed by atoms with Gasteiger partial charge in [0.25, 0.3) is 0 Å². The molecule has 1 aromatic rings. The molecule has 1 fully saturated rings. The van der Waals surface area contributed by atoms with E-state index in [2.05, 4.69) is 12.1 Å².